The lowest BCUT2D eigenvalue weighted by atomic mass is 10.1. The summed E-state index contributed by atoms with van der Waals surface area (Å²) in [7, 11) is 0. The molecular weight excluding hydrogens is 445 g/mol. The molecule has 4 rings (SSSR count). The van der Waals surface area contributed by atoms with Crippen LogP contribution in [-0.2, 0) is 11.3 Å². The van der Waals surface area contributed by atoms with Crippen molar-refractivity contribution in [2.24, 2.45) is 5.92 Å². The lowest BCUT2D eigenvalue weighted by Gasteiger charge is -2.21. The maximum Gasteiger partial charge on any atom is 0.251 e. The van der Waals surface area contributed by atoms with Gasteiger partial charge in [-0.2, -0.15) is 0 Å². The molecule has 2 heterocycles. The molecule has 2 aliphatic rings. The standard InChI is InChI=1S/C22H20Cl3N3O2/c23-18-3-1-2-14(6-18)22(30)26-8-21(29)28-12-16-10-27(11-17(16)13-28)9-15-4-5-19(24)7-20(15)25/h1-7,10,17H,8-9,11-13H2,(H,26,30). The average molecular weight is 465 g/mol. The zero-order valence-corrected chi connectivity index (χ0v) is 18.3. The second-order valence-electron chi connectivity index (χ2n) is 7.53. The van der Waals surface area contributed by atoms with Crippen molar-refractivity contribution in [3.05, 3.63) is 80.4 Å². The molecule has 0 aromatic heterocycles. The highest BCUT2D eigenvalue weighted by Gasteiger charge is 2.35. The fourth-order valence-electron chi connectivity index (χ4n) is 3.86. The Morgan fingerprint density at radius 1 is 1.03 bits per heavy atom. The number of benzene rings is 2. The molecule has 2 amide bonds. The molecule has 0 bridgehead atoms. The topological polar surface area (TPSA) is 52.7 Å². The summed E-state index contributed by atoms with van der Waals surface area (Å²) in [6.07, 6.45) is 2.12. The molecule has 0 spiro atoms. The molecule has 0 radical (unpaired) electrons. The number of amides is 2. The molecule has 1 saturated heterocycles. The molecule has 2 aromatic carbocycles. The Labute approximate surface area is 190 Å². The number of hydrogen-bond donors (Lipinski definition) is 1. The molecule has 2 aromatic rings. The van der Waals surface area contributed by atoms with Gasteiger partial charge in [0.2, 0.25) is 5.91 Å². The van der Waals surface area contributed by atoms with Crippen LogP contribution in [0.15, 0.2) is 54.2 Å². The molecule has 156 valence electrons. The summed E-state index contributed by atoms with van der Waals surface area (Å²) in [6, 6.07) is 12.2. The van der Waals surface area contributed by atoms with E-state index in [1.54, 1.807) is 35.2 Å². The van der Waals surface area contributed by atoms with E-state index in [1.807, 2.05) is 12.1 Å². The number of halogens is 3. The minimum absolute atomic E-state index is 0.0323. The van der Waals surface area contributed by atoms with E-state index in [1.165, 1.54) is 5.57 Å². The van der Waals surface area contributed by atoms with Gasteiger partial charge in [-0.1, -0.05) is 46.9 Å². The number of carbonyl (C=O) groups excluding carboxylic acids is 2. The number of fused-ring (bicyclic) bond motifs is 1. The summed E-state index contributed by atoms with van der Waals surface area (Å²) >= 11 is 18.2. The highest BCUT2D eigenvalue weighted by molar-refractivity contribution is 6.35. The zero-order valence-electron chi connectivity index (χ0n) is 16.1. The lowest BCUT2D eigenvalue weighted by molar-refractivity contribution is -0.129. The Balaban J connectivity index is 1.30. The normalized spacial score (nSPS) is 17.7. The van der Waals surface area contributed by atoms with Crippen molar-refractivity contribution in [3.63, 3.8) is 0 Å². The fourth-order valence-corrected chi connectivity index (χ4v) is 4.52. The van der Waals surface area contributed by atoms with Gasteiger partial charge in [0, 0.05) is 58.9 Å². The van der Waals surface area contributed by atoms with Crippen LogP contribution in [0.1, 0.15) is 15.9 Å². The molecule has 5 nitrogen and oxygen atoms in total. The van der Waals surface area contributed by atoms with Crippen molar-refractivity contribution in [2.75, 3.05) is 26.2 Å². The smallest absolute Gasteiger partial charge is 0.251 e. The van der Waals surface area contributed by atoms with Crippen molar-refractivity contribution in [1.29, 1.82) is 0 Å². The molecular formula is C22H20Cl3N3O2. The first-order valence-corrected chi connectivity index (χ1v) is 10.7. The Morgan fingerprint density at radius 2 is 1.83 bits per heavy atom. The zero-order chi connectivity index (χ0) is 21.3. The SMILES string of the molecule is O=C(NCC(=O)N1CC2=CN(Cc3ccc(Cl)cc3Cl)CC2C1)c1cccc(Cl)c1. The summed E-state index contributed by atoms with van der Waals surface area (Å²) in [5.41, 5.74) is 2.69. The van der Waals surface area contributed by atoms with Gasteiger partial charge in [-0.25, -0.2) is 0 Å². The van der Waals surface area contributed by atoms with Crippen LogP contribution in [0, 0.1) is 5.92 Å². The molecule has 2 aliphatic heterocycles. The Morgan fingerprint density at radius 3 is 2.57 bits per heavy atom. The van der Waals surface area contributed by atoms with Crippen LogP contribution in [0.3, 0.4) is 0 Å². The average Bonchev–Trinajstić information content (AvgIpc) is 3.27. The molecule has 8 heteroatoms. The van der Waals surface area contributed by atoms with Crippen LogP contribution in [-0.4, -0.2) is 47.8 Å². The first kappa shape index (κ1) is 21.0. The maximum atomic E-state index is 12.5. The molecule has 1 atom stereocenters. The van der Waals surface area contributed by atoms with Crippen molar-refractivity contribution in [2.45, 2.75) is 6.54 Å². The summed E-state index contributed by atoms with van der Waals surface area (Å²) < 4.78 is 0. The monoisotopic (exact) mass is 463 g/mol. The van der Waals surface area contributed by atoms with Gasteiger partial charge in [0.05, 0.1) is 6.54 Å². The third kappa shape index (κ3) is 4.75. The van der Waals surface area contributed by atoms with E-state index in [-0.39, 0.29) is 18.4 Å². The van der Waals surface area contributed by atoms with Crippen LogP contribution >= 0.6 is 34.8 Å². The Kier molecular flexibility index (Phi) is 6.23. The fraction of sp³-hybridized carbons (Fsp3) is 0.273. The van der Waals surface area contributed by atoms with Gasteiger partial charge in [0.1, 0.15) is 0 Å². The largest absolute Gasteiger partial charge is 0.372 e. The van der Waals surface area contributed by atoms with Crippen LogP contribution in [0.2, 0.25) is 15.1 Å². The second kappa shape index (κ2) is 8.88. The molecule has 0 saturated carbocycles. The second-order valence-corrected chi connectivity index (χ2v) is 8.81. The quantitative estimate of drug-likeness (QED) is 0.720. The molecule has 1 fully saturated rings. The summed E-state index contributed by atoms with van der Waals surface area (Å²) in [6.45, 7) is 2.76. The number of hydrogen-bond acceptors (Lipinski definition) is 3. The van der Waals surface area contributed by atoms with E-state index < -0.39 is 0 Å². The first-order chi connectivity index (χ1) is 14.4. The number of nitrogens with zero attached hydrogens (tertiary/aromatic N) is 2. The highest BCUT2D eigenvalue weighted by Crippen LogP contribution is 2.31. The van der Waals surface area contributed by atoms with E-state index in [4.69, 9.17) is 34.8 Å². The van der Waals surface area contributed by atoms with Gasteiger partial charge in [-0.15, -0.1) is 0 Å². The van der Waals surface area contributed by atoms with Crippen molar-refractivity contribution < 1.29 is 9.59 Å². The summed E-state index contributed by atoms with van der Waals surface area (Å²) in [5.74, 6) is -0.0906. The molecule has 1 N–H and O–H groups in total. The van der Waals surface area contributed by atoms with Crippen LogP contribution in [0.5, 0.6) is 0 Å². The Bertz CT molecular complexity index is 1020. The summed E-state index contributed by atoms with van der Waals surface area (Å²) in [5, 5.41) is 4.44. The number of nitrogens with one attached hydrogen (secondary N) is 1. The van der Waals surface area contributed by atoms with Crippen LogP contribution in [0.4, 0.5) is 0 Å². The van der Waals surface area contributed by atoms with Crippen LogP contribution in [0.25, 0.3) is 0 Å². The molecule has 1 unspecified atom stereocenters. The van der Waals surface area contributed by atoms with Crippen molar-refractivity contribution >= 4 is 46.6 Å². The summed E-state index contributed by atoms with van der Waals surface area (Å²) in [4.78, 5) is 28.8. The van der Waals surface area contributed by atoms with E-state index in [2.05, 4.69) is 16.4 Å². The van der Waals surface area contributed by atoms with Crippen molar-refractivity contribution in [3.8, 4) is 0 Å². The molecule has 30 heavy (non-hydrogen) atoms. The van der Waals surface area contributed by atoms with Crippen molar-refractivity contribution in [1.82, 2.24) is 15.1 Å². The van der Waals surface area contributed by atoms with E-state index in [9.17, 15) is 9.59 Å². The first-order valence-electron chi connectivity index (χ1n) is 9.59. The van der Waals surface area contributed by atoms with Gasteiger partial charge in [0.15, 0.2) is 0 Å². The predicted octanol–water partition coefficient (Wildman–Crippen LogP) is 4.23. The maximum absolute atomic E-state index is 12.5. The minimum atomic E-state index is -0.310. The minimum Gasteiger partial charge on any atom is -0.372 e. The number of rotatable bonds is 5. The van der Waals surface area contributed by atoms with Gasteiger partial charge in [-0.3, -0.25) is 9.59 Å². The third-order valence-corrected chi connectivity index (χ3v) is 6.19. The van der Waals surface area contributed by atoms with Crippen LogP contribution < -0.4 is 5.32 Å². The predicted molar refractivity (Wildman–Crippen MR) is 119 cm³/mol. The van der Waals surface area contributed by atoms with E-state index in [0.29, 0.717) is 46.2 Å². The van der Waals surface area contributed by atoms with Gasteiger partial charge >= 0.3 is 0 Å². The van der Waals surface area contributed by atoms with E-state index >= 15 is 0 Å². The van der Waals surface area contributed by atoms with Gasteiger partial charge in [0.25, 0.3) is 5.91 Å². The third-order valence-electron chi connectivity index (χ3n) is 5.37. The van der Waals surface area contributed by atoms with Gasteiger partial charge in [-0.05, 0) is 41.5 Å². The number of carbonyl (C=O) groups is 2. The molecule has 0 aliphatic carbocycles. The lowest BCUT2D eigenvalue weighted by Crippen LogP contribution is -2.39. The van der Waals surface area contributed by atoms with Gasteiger partial charge < -0.3 is 15.1 Å². The van der Waals surface area contributed by atoms with E-state index in [0.717, 1.165) is 12.1 Å². The number of likely N-dealkylation sites (tertiary alicyclic amines) is 1. The Hall–Kier alpha value is -2.21. The highest BCUT2D eigenvalue weighted by atomic mass is 35.5.